The molecule has 0 saturated carbocycles. The largest absolute Gasteiger partial charge is 0.470 e. The zero-order chi connectivity index (χ0) is 13.6. The lowest BCUT2D eigenvalue weighted by Gasteiger charge is -2.20. The van der Waals surface area contributed by atoms with Gasteiger partial charge in [-0.3, -0.25) is 0 Å². The van der Waals surface area contributed by atoms with Crippen molar-refractivity contribution in [1.82, 2.24) is 8.75 Å². The van der Waals surface area contributed by atoms with Crippen LogP contribution >= 0.6 is 11.7 Å². The van der Waals surface area contributed by atoms with E-state index < -0.39 is 0 Å². The van der Waals surface area contributed by atoms with Crippen LogP contribution in [-0.2, 0) is 6.61 Å². The Morgan fingerprint density at radius 1 is 1.00 bits per heavy atom. The minimum absolute atomic E-state index is 0.549. The van der Waals surface area contributed by atoms with E-state index in [4.69, 9.17) is 4.74 Å². The zero-order valence-electron chi connectivity index (χ0n) is 11.5. The Morgan fingerprint density at radius 2 is 1.75 bits per heavy atom. The summed E-state index contributed by atoms with van der Waals surface area (Å²) < 4.78 is 14.6. The van der Waals surface area contributed by atoms with Crippen LogP contribution < -0.4 is 9.64 Å². The van der Waals surface area contributed by atoms with Gasteiger partial charge in [-0.05, 0) is 18.4 Å². The van der Waals surface area contributed by atoms with Crippen LogP contribution in [0.1, 0.15) is 31.2 Å². The molecule has 4 nitrogen and oxygen atoms in total. The maximum atomic E-state index is 5.85. The molecule has 1 aliphatic heterocycles. The lowest BCUT2D eigenvalue weighted by Crippen LogP contribution is -2.24. The summed E-state index contributed by atoms with van der Waals surface area (Å²) in [5.41, 5.74) is 1.15. The summed E-state index contributed by atoms with van der Waals surface area (Å²) in [5, 5.41) is 0. The fourth-order valence-electron chi connectivity index (χ4n) is 2.47. The first kappa shape index (κ1) is 13.4. The third kappa shape index (κ3) is 3.28. The second-order valence-electron chi connectivity index (χ2n) is 5.07. The van der Waals surface area contributed by atoms with E-state index in [9.17, 15) is 0 Å². The molecule has 0 amide bonds. The summed E-state index contributed by atoms with van der Waals surface area (Å²) in [6.07, 6.45) is 5.09. The molecule has 0 spiro atoms. The van der Waals surface area contributed by atoms with E-state index in [2.05, 4.69) is 25.8 Å². The van der Waals surface area contributed by atoms with E-state index in [0.29, 0.717) is 12.5 Å². The van der Waals surface area contributed by atoms with Crippen LogP contribution in [0.2, 0.25) is 0 Å². The van der Waals surface area contributed by atoms with Crippen LogP contribution in [0.5, 0.6) is 5.88 Å². The fraction of sp³-hybridized carbons (Fsp3) is 0.467. The van der Waals surface area contributed by atoms with E-state index in [1.54, 1.807) is 0 Å². The summed E-state index contributed by atoms with van der Waals surface area (Å²) in [5.74, 6) is 1.61. The van der Waals surface area contributed by atoms with E-state index in [1.807, 2.05) is 18.2 Å². The number of hydrogen-bond acceptors (Lipinski definition) is 5. The number of hydrogen-bond donors (Lipinski definition) is 0. The van der Waals surface area contributed by atoms with Crippen molar-refractivity contribution in [3.63, 3.8) is 0 Å². The molecule has 0 aliphatic carbocycles. The highest BCUT2D eigenvalue weighted by Gasteiger charge is 2.18. The van der Waals surface area contributed by atoms with E-state index >= 15 is 0 Å². The summed E-state index contributed by atoms with van der Waals surface area (Å²) in [6.45, 7) is 2.67. The number of rotatable bonds is 4. The zero-order valence-corrected chi connectivity index (χ0v) is 12.3. The van der Waals surface area contributed by atoms with Gasteiger partial charge in [-0.15, -0.1) is 4.37 Å². The fourth-order valence-corrected chi connectivity index (χ4v) is 2.99. The molecule has 2 heterocycles. The molecule has 1 saturated heterocycles. The van der Waals surface area contributed by atoms with Gasteiger partial charge in [-0.1, -0.05) is 43.2 Å². The van der Waals surface area contributed by atoms with Gasteiger partial charge < -0.3 is 9.64 Å². The molecule has 3 rings (SSSR count). The van der Waals surface area contributed by atoms with Crippen molar-refractivity contribution < 1.29 is 4.74 Å². The van der Waals surface area contributed by atoms with Gasteiger partial charge in [0.2, 0.25) is 5.82 Å². The predicted molar refractivity (Wildman–Crippen MR) is 81.4 cm³/mol. The van der Waals surface area contributed by atoms with Gasteiger partial charge in [0, 0.05) is 13.1 Å². The number of benzene rings is 1. The lowest BCUT2D eigenvalue weighted by atomic mass is 10.2. The topological polar surface area (TPSA) is 38.3 Å². The number of anilines is 1. The highest BCUT2D eigenvalue weighted by Crippen LogP contribution is 2.28. The SMILES string of the molecule is c1ccc(COc2nsnc2N2CCCCCC2)cc1. The molecule has 0 N–H and O–H groups in total. The average molecular weight is 289 g/mol. The molecule has 106 valence electrons. The molecule has 0 atom stereocenters. The van der Waals surface area contributed by atoms with Crippen molar-refractivity contribution in [2.75, 3.05) is 18.0 Å². The number of ether oxygens (including phenoxy) is 1. The van der Waals surface area contributed by atoms with Gasteiger partial charge >= 0.3 is 0 Å². The predicted octanol–water partition coefficient (Wildman–Crippen LogP) is 3.50. The normalized spacial score (nSPS) is 15.9. The minimum atomic E-state index is 0.549. The molecule has 1 aromatic carbocycles. The number of aromatic nitrogens is 2. The van der Waals surface area contributed by atoms with Crippen LogP contribution in [0.25, 0.3) is 0 Å². The van der Waals surface area contributed by atoms with E-state index in [-0.39, 0.29) is 0 Å². The first-order valence-corrected chi connectivity index (χ1v) is 7.91. The second kappa shape index (κ2) is 6.70. The third-order valence-corrected chi connectivity index (χ3v) is 4.07. The molecule has 0 unspecified atom stereocenters. The van der Waals surface area contributed by atoms with Gasteiger partial charge in [0.15, 0.2) is 0 Å². The van der Waals surface area contributed by atoms with Crippen molar-refractivity contribution in [3.05, 3.63) is 35.9 Å². The van der Waals surface area contributed by atoms with E-state index in [0.717, 1.165) is 24.5 Å². The highest BCUT2D eigenvalue weighted by molar-refractivity contribution is 6.99. The molecular weight excluding hydrogens is 270 g/mol. The molecule has 1 aliphatic rings. The Morgan fingerprint density at radius 3 is 2.50 bits per heavy atom. The quantitative estimate of drug-likeness (QED) is 0.863. The second-order valence-corrected chi connectivity index (χ2v) is 5.60. The third-order valence-electron chi connectivity index (χ3n) is 3.57. The standard InChI is InChI=1S/C15H19N3OS/c1-2-7-11-18(10-6-1)14-15(17-20-16-14)19-12-13-8-4-3-5-9-13/h3-5,8-9H,1-2,6-7,10-12H2. The maximum absolute atomic E-state index is 5.85. The van der Waals surface area contributed by atoms with Crippen molar-refractivity contribution in [2.45, 2.75) is 32.3 Å². The average Bonchev–Trinajstić information content (AvgIpc) is 2.79. The van der Waals surface area contributed by atoms with Gasteiger partial charge in [0.25, 0.3) is 5.88 Å². The van der Waals surface area contributed by atoms with Crippen LogP contribution in [0.4, 0.5) is 5.82 Å². The Balaban J connectivity index is 1.66. The molecule has 1 aromatic heterocycles. The monoisotopic (exact) mass is 289 g/mol. The summed E-state index contributed by atoms with van der Waals surface area (Å²) in [7, 11) is 0. The summed E-state index contributed by atoms with van der Waals surface area (Å²) >= 11 is 1.24. The van der Waals surface area contributed by atoms with Crippen molar-refractivity contribution >= 4 is 17.5 Å². The molecule has 5 heteroatoms. The van der Waals surface area contributed by atoms with E-state index in [1.165, 1.54) is 37.4 Å². The molecule has 0 bridgehead atoms. The van der Waals surface area contributed by atoms with Gasteiger partial charge in [-0.2, -0.15) is 4.37 Å². The van der Waals surface area contributed by atoms with Gasteiger partial charge in [-0.25, -0.2) is 0 Å². The highest BCUT2D eigenvalue weighted by atomic mass is 32.1. The molecule has 1 fully saturated rings. The summed E-state index contributed by atoms with van der Waals surface area (Å²) in [4.78, 5) is 2.32. The molecule has 0 radical (unpaired) electrons. The number of nitrogens with zero attached hydrogens (tertiary/aromatic N) is 3. The Hall–Kier alpha value is -1.62. The first-order chi connectivity index (χ1) is 9.93. The van der Waals surface area contributed by atoms with Crippen LogP contribution in [0, 0.1) is 0 Å². The summed E-state index contributed by atoms with van der Waals surface area (Å²) in [6, 6.07) is 10.2. The Labute approximate surface area is 123 Å². The molecule has 20 heavy (non-hydrogen) atoms. The van der Waals surface area contributed by atoms with Crippen LogP contribution in [-0.4, -0.2) is 21.8 Å². The minimum Gasteiger partial charge on any atom is -0.470 e. The van der Waals surface area contributed by atoms with Crippen molar-refractivity contribution in [1.29, 1.82) is 0 Å². The maximum Gasteiger partial charge on any atom is 0.271 e. The molecule has 2 aromatic rings. The van der Waals surface area contributed by atoms with Crippen LogP contribution in [0.15, 0.2) is 30.3 Å². The van der Waals surface area contributed by atoms with Crippen molar-refractivity contribution in [3.8, 4) is 5.88 Å². The van der Waals surface area contributed by atoms with Crippen LogP contribution in [0.3, 0.4) is 0 Å². The molecular formula is C15H19N3OS. The smallest absolute Gasteiger partial charge is 0.271 e. The Bertz CT molecular complexity index is 521. The van der Waals surface area contributed by atoms with Gasteiger partial charge in [0.1, 0.15) is 6.61 Å². The van der Waals surface area contributed by atoms with Gasteiger partial charge in [0.05, 0.1) is 11.7 Å². The Kier molecular flexibility index (Phi) is 4.48. The van der Waals surface area contributed by atoms with Crippen molar-refractivity contribution in [2.24, 2.45) is 0 Å². The lowest BCUT2D eigenvalue weighted by molar-refractivity contribution is 0.297. The first-order valence-electron chi connectivity index (χ1n) is 7.18.